The number of aryl methyl sites for hydroxylation is 1. The molecular weight excluding hydrogens is 447 g/mol. The summed E-state index contributed by atoms with van der Waals surface area (Å²) in [5.41, 5.74) is 6.55. The molecule has 4 aliphatic rings. The third-order valence-electron chi connectivity index (χ3n) is 7.37. The Morgan fingerprint density at radius 2 is 1.91 bits per heavy atom. The number of fused-ring (bicyclic) bond motifs is 2. The fraction of sp³-hybridized carbons (Fsp3) is 0.333. The van der Waals surface area contributed by atoms with Crippen LogP contribution in [-0.4, -0.2) is 52.3 Å². The molecule has 7 rings (SSSR count). The highest BCUT2D eigenvalue weighted by Gasteiger charge is 2.51. The molecular formula is C27H25FN4O3. The van der Waals surface area contributed by atoms with Crippen LogP contribution < -0.4 is 0 Å². The topological polar surface area (TPSA) is 61.1 Å². The monoisotopic (exact) mass is 472 g/mol. The van der Waals surface area contributed by atoms with Gasteiger partial charge in [0.2, 0.25) is 5.84 Å². The minimum Gasteiger partial charge on any atom is -0.477 e. The summed E-state index contributed by atoms with van der Waals surface area (Å²) < 4.78 is 27.8. The fourth-order valence-electron chi connectivity index (χ4n) is 5.40. The number of halogens is 1. The third-order valence-corrected chi connectivity index (χ3v) is 7.37. The van der Waals surface area contributed by atoms with E-state index in [-0.39, 0.29) is 11.9 Å². The number of hydrogen-bond donors (Lipinski definition) is 0. The molecule has 7 nitrogen and oxygen atoms in total. The molecule has 0 radical (unpaired) electrons. The van der Waals surface area contributed by atoms with Gasteiger partial charge in [-0.3, -0.25) is 0 Å². The van der Waals surface area contributed by atoms with Crippen LogP contribution in [0, 0.1) is 12.7 Å². The number of aromatic nitrogens is 2. The summed E-state index contributed by atoms with van der Waals surface area (Å²) in [4.78, 5) is 12.3. The molecule has 1 aromatic heterocycles. The number of rotatable bonds is 3. The van der Waals surface area contributed by atoms with Gasteiger partial charge < -0.3 is 23.8 Å². The SMILES string of the molecule is Cc1cn(-c2ccc(C=C3OC4(COC4)CN4C3=NOCC4c3ccc(F)cc3)c3c2CC3)cn1. The summed E-state index contributed by atoms with van der Waals surface area (Å²) in [7, 11) is 0. The quantitative estimate of drug-likeness (QED) is 0.578. The molecule has 178 valence electrons. The number of hydrogen-bond acceptors (Lipinski definition) is 6. The first-order valence-corrected chi connectivity index (χ1v) is 12.0. The number of ether oxygens (including phenoxy) is 2. The molecule has 0 saturated carbocycles. The van der Waals surface area contributed by atoms with Crippen molar-refractivity contribution in [3.05, 3.63) is 88.4 Å². The molecule has 2 aromatic carbocycles. The van der Waals surface area contributed by atoms with Crippen LogP contribution in [0.3, 0.4) is 0 Å². The number of benzene rings is 2. The lowest BCUT2D eigenvalue weighted by Gasteiger charge is -2.52. The lowest BCUT2D eigenvalue weighted by Crippen LogP contribution is -2.64. The molecule has 3 aliphatic heterocycles. The molecule has 1 atom stereocenters. The first kappa shape index (κ1) is 20.7. The van der Waals surface area contributed by atoms with E-state index in [1.54, 1.807) is 0 Å². The molecule has 0 amide bonds. The van der Waals surface area contributed by atoms with Crippen molar-refractivity contribution >= 4 is 11.9 Å². The molecule has 2 fully saturated rings. The zero-order valence-corrected chi connectivity index (χ0v) is 19.4. The lowest BCUT2D eigenvalue weighted by atomic mass is 9.83. The molecule has 0 N–H and O–H groups in total. The van der Waals surface area contributed by atoms with Crippen LogP contribution in [0.1, 0.15) is 34.0 Å². The largest absolute Gasteiger partial charge is 0.477 e. The molecule has 8 heteroatoms. The van der Waals surface area contributed by atoms with Crippen molar-refractivity contribution in [2.75, 3.05) is 26.4 Å². The van der Waals surface area contributed by atoms with E-state index < -0.39 is 5.60 Å². The first-order valence-electron chi connectivity index (χ1n) is 12.0. The molecule has 2 saturated heterocycles. The van der Waals surface area contributed by atoms with Crippen molar-refractivity contribution in [3.8, 4) is 5.69 Å². The van der Waals surface area contributed by atoms with E-state index >= 15 is 0 Å². The summed E-state index contributed by atoms with van der Waals surface area (Å²) in [6.45, 7) is 4.10. The van der Waals surface area contributed by atoms with Crippen LogP contribution >= 0.6 is 0 Å². The Balaban J connectivity index is 1.27. The van der Waals surface area contributed by atoms with Gasteiger partial charge in [0.25, 0.3) is 0 Å². The maximum Gasteiger partial charge on any atom is 0.211 e. The minimum absolute atomic E-state index is 0.0809. The van der Waals surface area contributed by atoms with Crippen LogP contribution in [0.2, 0.25) is 0 Å². The predicted molar refractivity (Wildman–Crippen MR) is 128 cm³/mol. The van der Waals surface area contributed by atoms with Crippen molar-refractivity contribution < 1.29 is 18.7 Å². The Morgan fingerprint density at radius 3 is 2.60 bits per heavy atom. The smallest absolute Gasteiger partial charge is 0.211 e. The van der Waals surface area contributed by atoms with Crippen LogP contribution in [0.15, 0.2) is 59.8 Å². The maximum atomic E-state index is 13.6. The second-order valence-electron chi connectivity index (χ2n) is 9.75. The average Bonchev–Trinajstić information content (AvgIpc) is 3.25. The van der Waals surface area contributed by atoms with Gasteiger partial charge in [0.05, 0.1) is 37.8 Å². The van der Waals surface area contributed by atoms with Gasteiger partial charge in [-0.25, -0.2) is 9.37 Å². The molecule has 0 bridgehead atoms. The number of oxime groups is 1. The van der Waals surface area contributed by atoms with Crippen LogP contribution in [0.5, 0.6) is 0 Å². The Morgan fingerprint density at radius 1 is 1.09 bits per heavy atom. The molecule has 3 aromatic rings. The Hall–Kier alpha value is -3.65. The summed E-state index contributed by atoms with van der Waals surface area (Å²) in [5.74, 6) is 1.11. The second-order valence-corrected chi connectivity index (χ2v) is 9.75. The van der Waals surface area contributed by atoms with E-state index in [4.69, 9.17) is 14.3 Å². The maximum absolute atomic E-state index is 13.6. The van der Waals surface area contributed by atoms with Gasteiger partial charge in [0.1, 0.15) is 12.4 Å². The van der Waals surface area contributed by atoms with Crippen LogP contribution in [0.4, 0.5) is 4.39 Å². The van der Waals surface area contributed by atoms with Gasteiger partial charge in [-0.2, -0.15) is 0 Å². The van der Waals surface area contributed by atoms with Crippen LogP contribution in [0.25, 0.3) is 11.8 Å². The summed E-state index contributed by atoms with van der Waals surface area (Å²) >= 11 is 0. The normalized spacial score (nSPS) is 22.9. The van der Waals surface area contributed by atoms with Gasteiger partial charge in [-0.1, -0.05) is 23.4 Å². The summed E-state index contributed by atoms with van der Waals surface area (Å²) in [6.07, 6.45) is 8.07. The van der Waals surface area contributed by atoms with E-state index in [2.05, 4.69) is 44.0 Å². The van der Waals surface area contributed by atoms with E-state index in [1.165, 1.54) is 28.9 Å². The zero-order chi connectivity index (χ0) is 23.6. The van der Waals surface area contributed by atoms with Gasteiger partial charge >= 0.3 is 0 Å². The highest BCUT2D eigenvalue weighted by molar-refractivity contribution is 6.01. The Kier molecular flexibility index (Phi) is 4.54. The second kappa shape index (κ2) is 7.68. The van der Waals surface area contributed by atoms with E-state index in [1.807, 2.05) is 25.4 Å². The molecule has 1 spiro atoms. The van der Waals surface area contributed by atoms with Gasteiger partial charge in [0.15, 0.2) is 11.4 Å². The predicted octanol–water partition coefficient (Wildman–Crippen LogP) is 3.95. The van der Waals surface area contributed by atoms with Crippen molar-refractivity contribution in [3.63, 3.8) is 0 Å². The zero-order valence-electron chi connectivity index (χ0n) is 19.4. The van der Waals surface area contributed by atoms with Gasteiger partial charge in [-0.15, -0.1) is 0 Å². The Labute approximate surface area is 202 Å². The number of morpholine rings is 1. The van der Waals surface area contributed by atoms with Crippen LogP contribution in [-0.2, 0) is 27.2 Å². The van der Waals surface area contributed by atoms with Gasteiger partial charge in [0, 0.05) is 11.9 Å². The van der Waals surface area contributed by atoms with E-state index in [0.717, 1.165) is 29.7 Å². The first-order chi connectivity index (χ1) is 17.1. The molecule has 1 aliphatic carbocycles. The molecule has 35 heavy (non-hydrogen) atoms. The Bertz CT molecular complexity index is 1370. The molecule has 1 unspecified atom stereocenters. The number of nitrogens with zero attached hydrogens (tertiary/aromatic N) is 4. The minimum atomic E-state index is -0.415. The standard InChI is InChI=1S/C27H25FN4O3/c1-17-11-31(16-29-17)23-9-4-19(21-7-8-22(21)23)10-25-26-30-34-12-24(18-2-5-20(28)6-3-18)32(26)13-27(35-25)14-33-15-27/h2-6,9-11,16,24H,7-8,12-15H2,1H3. The average molecular weight is 473 g/mol. The summed E-state index contributed by atoms with van der Waals surface area (Å²) in [5, 5.41) is 4.41. The summed E-state index contributed by atoms with van der Waals surface area (Å²) in [6, 6.07) is 10.8. The lowest BCUT2D eigenvalue weighted by molar-refractivity contribution is -0.204. The third kappa shape index (κ3) is 3.35. The van der Waals surface area contributed by atoms with Gasteiger partial charge in [-0.05, 0) is 66.3 Å². The van der Waals surface area contributed by atoms with E-state index in [9.17, 15) is 4.39 Å². The number of amidine groups is 1. The molecule has 4 heterocycles. The number of imidazole rings is 1. The highest BCUT2D eigenvalue weighted by Crippen LogP contribution is 2.40. The van der Waals surface area contributed by atoms with Crippen molar-refractivity contribution in [1.82, 2.24) is 14.5 Å². The fourth-order valence-corrected chi connectivity index (χ4v) is 5.40. The van der Waals surface area contributed by atoms with Crippen molar-refractivity contribution in [2.45, 2.75) is 31.4 Å². The van der Waals surface area contributed by atoms with Crippen molar-refractivity contribution in [1.29, 1.82) is 0 Å². The van der Waals surface area contributed by atoms with E-state index in [0.29, 0.717) is 38.0 Å². The van der Waals surface area contributed by atoms with Crippen molar-refractivity contribution in [2.24, 2.45) is 5.16 Å². The highest BCUT2D eigenvalue weighted by atomic mass is 19.1.